The molecule has 4 aromatic rings. The third-order valence-electron chi connectivity index (χ3n) is 4.78. The van der Waals surface area contributed by atoms with Crippen LogP contribution in [0.2, 0.25) is 0 Å². The van der Waals surface area contributed by atoms with Crippen molar-refractivity contribution in [2.45, 2.75) is 0 Å². The molecule has 4 rings (SSSR count). The highest BCUT2D eigenvalue weighted by molar-refractivity contribution is 9.10. The van der Waals surface area contributed by atoms with Gasteiger partial charge in [0.05, 0.1) is 5.97 Å². The number of carboxylic acids is 1. The molecule has 30 heavy (non-hydrogen) atoms. The first-order valence-electron chi connectivity index (χ1n) is 9.56. The molecule has 0 amide bonds. The minimum Gasteiger partial charge on any atom is -0.545 e. The zero-order chi connectivity index (χ0) is 21.2. The van der Waals surface area contributed by atoms with E-state index in [1.54, 1.807) is 18.2 Å². The molecule has 0 N–H and O–H groups in total. The molecule has 4 heteroatoms. The average Bonchev–Trinajstić information content (AvgIpc) is 2.83. The lowest BCUT2D eigenvalue weighted by Gasteiger charge is -2.25. The smallest absolute Gasteiger partial charge is 0.127 e. The lowest BCUT2D eigenvalue weighted by molar-refractivity contribution is -0.255. The summed E-state index contributed by atoms with van der Waals surface area (Å²) >= 11 is 3.83. The molecule has 0 spiro atoms. The van der Waals surface area contributed by atoms with Gasteiger partial charge in [-0.3, -0.25) is 0 Å². The zero-order valence-corrected chi connectivity index (χ0v) is 18.9. The summed E-state index contributed by atoms with van der Waals surface area (Å²) in [5.74, 6) is -1.13. The fourth-order valence-electron chi connectivity index (χ4n) is 3.28. The van der Waals surface area contributed by atoms with Crippen molar-refractivity contribution in [2.75, 3.05) is 5.07 Å². The molecule has 150 valence electrons. The van der Waals surface area contributed by atoms with Crippen LogP contribution in [0, 0.1) is 0 Å². The summed E-state index contributed by atoms with van der Waals surface area (Å²) in [6.45, 7) is 0. The highest BCUT2D eigenvalue weighted by atomic mass is 79.9. The van der Waals surface area contributed by atoms with Crippen LogP contribution >= 0.6 is 23.2 Å². The number of benzene rings is 4. The lowest BCUT2D eigenvalue weighted by atomic mass is 10.2. The van der Waals surface area contributed by atoms with Gasteiger partial charge in [-0.2, -0.15) is 0 Å². The van der Waals surface area contributed by atoms with Crippen LogP contribution in [0.1, 0.15) is 10.4 Å². The van der Waals surface area contributed by atoms with Crippen LogP contribution in [-0.2, 0) is 0 Å². The number of hydrogen-bond acceptors (Lipinski definition) is 2. The molecule has 0 atom stereocenters. The van der Waals surface area contributed by atoms with Gasteiger partial charge < -0.3 is 9.90 Å². The molecule has 0 aliphatic rings. The number of rotatable bonds is 5. The van der Waals surface area contributed by atoms with E-state index in [1.807, 2.05) is 0 Å². The van der Waals surface area contributed by atoms with E-state index < -0.39 is 13.2 Å². The van der Waals surface area contributed by atoms with Gasteiger partial charge in [0, 0.05) is 0 Å². The first-order chi connectivity index (χ1) is 14.7. The largest absolute Gasteiger partial charge is 0.545 e. The summed E-state index contributed by atoms with van der Waals surface area (Å²) < 4.78 is 0. The quantitative estimate of drug-likeness (QED) is 0.316. The molecule has 0 radical (unpaired) electrons. The molecule has 2 nitrogen and oxygen atoms in total. The average molecular weight is 477 g/mol. The Bertz CT molecular complexity index is 943. The number of carbonyl (C=O) groups excluding carboxylic acids is 1. The molecule has 0 aromatic heterocycles. The summed E-state index contributed by atoms with van der Waals surface area (Å²) in [6, 6.07) is 40.7. The summed E-state index contributed by atoms with van der Waals surface area (Å²) in [5, 5.41) is 15.3. The number of hydrogen-bond donors (Lipinski definition) is 0. The standard InChI is InChI=1S/C19H17BrP.C7H6O2/c20-16-21(17-10-4-1-5-11-17,18-12-6-2-7-13-18)19-14-8-3-9-15-19;8-7(9)6-4-2-1-3-5-6/h1-15H,16H2;1-5H,(H,8,9)/q+1;/p-1. The van der Waals surface area contributed by atoms with E-state index in [1.165, 1.54) is 28.0 Å². The zero-order valence-electron chi connectivity index (χ0n) is 16.4. The van der Waals surface area contributed by atoms with Gasteiger partial charge in [-0.05, 0) is 57.9 Å². The van der Waals surface area contributed by atoms with Gasteiger partial charge in [0.2, 0.25) is 0 Å². The Balaban J connectivity index is 0.000000239. The van der Waals surface area contributed by atoms with Crippen LogP contribution in [0.3, 0.4) is 0 Å². The molecule has 0 aliphatic carbocycles. The topological polar surface area (TPSA) is 40.1 Å². The first-order valence-corrected chi connectivity index (χ1v) is 12.7. The van der Waals surface area contributed by atoms with Crippen LogP contribution in [0.15, 0.2) is 121 Å². The Labute approximate surface area is 186 Å². The van der Waals surface area contributed by atoms with Crippen LogP contribution in [0.4, 0.5) is 0 Å². The molecule has 0 saturated heterocycles. The number of carboxylic acid groups (broad SMARTS) is 1. The highest BCUT2D eigenvalue weighted by Gasteiger charge is 2.44. The molecular formula is C26H22BrO2P. The molecule has 0 fully saturated rings. The van der Waals surface area contributed by atoms with E-state index >= 15 is 0 Å². The molecule has 0 heterocycles. The minimum atomic E-state index is -1.62. The number of aromatic carboxylic acids is 1. The van der Waals surface area contributed by atoms with E-state index in [4.69, 9.17) is 0 Å². The minimum absolute atomic E-state index is 0.220. The van der Waals surface area contributed by atoms with Gasteiger partial charge >= 0.3 is 0 Å². The van der Waals surface area contributed by atoms with Crippen LogP contribution in [0.5, 0.6) is 0 Å². The van der Waals surface area contributed by atoms with Gasteiger partial charge in [-0.15, -0.1) is 0 Å². The third-order valence-corrected chi connectivity index (χ3v) is 10.9. The van der Waals surface area contributed by atoms with Crippen molar-refractivity contribution in [1.82, 2.24) is 0 Å². The van der Waals surface area contributed by atoms with Crippen molar-refractivity contribution in [3.63, 3.8) is 0 Å². The Hall–Kier alpha value is -2.74. The van der Waals surface area contributed by atoms with Gasteiger partial charge in [0.25, 0.3) is 0 Å². The maximum Gasteiger partial charge on any atom is 0.127 e. The highest BCUT2D eigenvalue weighted by Crippen LogP contribution is 2.56. The third kappa shape index (κ3) is 5.05. The van der Waals surface area contributed by atoms with E-state index in [9.17, 15) is 9.90 Å². The van der Waals surface area contributed by atoms with Crippen molar-refractivity contribution < 1.29 is 9.90 Å². The van der Waals surface area contributed by atoms with Crippen molar-refractivity contribution >= 4 is 45.1 Å². The fraction of sp³-hybridized carbons (Fsp3) is 0.0385. The van der Waals surface area contributed by atoms with E-state index in [2.05, 4.69) is 107 Å². The second kappa shape index (κ2) is 10.9. The monoisotopic (exact) mass is 476 g/mol. The number of alkyl halides is 1. The first kappa shape index (κ1) is 22.0. The SMILES string of the molecule is BrC[P+](c1ccccc1)(c1ccccc1)c1ccccc1.O=C([O-])c1ccccc1. The van der Waals surface area contributed by atoms with Gasteiger partial charge in [0.15, 0.2) is 0 Å². The molecular weight excluding hydrogens is 455 g/mol. The second-order valence-corrected chi connectivity index (χ2v) is 11.5. The predicted octanol–water partition coefficient (Wildman–Crippen LogP) is 4.38. The maximum atomic E-state index is 10.1. The molecule has 0 saturated carbocycles. The number of halogens is 1. The molecule has 0 aliphatic heterocycles. The Morgan fingerprint density at radius 2 is 0.900 bits per heavy atom. The van der Waals surface area contributed by atoms with Crippen molar-refractivity contribution in [2.24, 2.45) is 0 Å². The summed E-state index contributed by atoms with van der Waals surface area (Å²) in [6.07, 6.45) is 0. The predicted molar refractivity (Wildman–Crippen MR) is 130 cm³/mol. The Morgan fingerprint density at radius 3 is 1.13 bits per heavy atom. The van der Waals surface area contributed by atoms with Crippen molar-refractivity contribution in [3.8, 4) is 0 Å². The molecule has 0 bridgehead atoms. The van der Waals surface area contributed by atoms with Crippen LogP contribution < -0.4 is 21.0 Å². The van der Waals surface area contributed by atoms with E-state index in [0.29, 0.717) is 0 Å². The normalized spacial score (nSPS) is 10.6. The van der Waals surface area contributed by atoms with E-state index in [-0.39, 0.29) is 5.56 Å². The number of carbonyl (C=O) groups is 1. The summed E-state index contributed by atoms with van der Waals surface area (Å²) in [7, 11) is -1.62. The molecule has 0 unspecified atom stereocenters. The summed E-state index contributed by atoms with van der Waals surface area (Å²) in [5.41, 5.74) is 0.220. The van der Waals surface area contributed by atoms with Crippen LogP contribution in [-0.4, -0.2) is 11.0 Å². The van der Waals surface area contributed by atoms with Gasteiger partial charge in [-0.1, -0.05) is 84.9 Å². The van der Waals surface area contributed by atoms with Crippen molar-refractivity contribution in [1.29, 1.82) is 0 Å². The Morgan fingerprint density at radius 1 is 0.600 bits per heavy atom. The lowest BCUT2D eigenvalue weighted by Crippen LogP contribution is -2.31. The van der Waals surface area contributed by atoms with Gasteiger partial charge in [0.1, 0.15) is 28.2 Å². The van der Waals surface area contributed by atoms with Crippen molar-refractivity contribution in [3.05, 3.63) is 127 Å². The fourth-order valence-corrected chi connectivity index (χ4v) is 9.23. The van der Waals surface area contributed by atoms with E-state index in [0.717, 1.165) is 5.07 Å². The Kier molecular flexibility index (Phi) is 7.96. The second-order valence-electron chi connectivity index (χ2n) is 6.59. The van der Waals surface area contributed by atoms with Gasteiger partial charge in [-0.25, -0.2) is 0 Å². The summed E-state index contributed by atoms with van der Waals surface area (Å²) in [4.78, 5) is 10.1. The maximum absolute atomic E-state index is 10.1. The van der Waals surface area contributed by atoms with Crippen LogP contribution in [0.25, 0.3) is 0 Å². The molecule has 4 aromatic carbocycles.